The highest BCUT2D eigenvalue weighted by atomic mass is 32.2. The van der Waals surface area contributed by atoms with Crippen molar-refractivity contribution in [3.8, 4) is 0 Å². The predicted octanol–water partition coefficient (Wildman–Crippen LogP) is 1.78. The Morgan fingerprint density at radius 1 is 1.19 bits per heavy atom. The van der Waals surface area contributed by atoms with Crippen LogP contribution in [0.3, 0.4) is 0 Å². The number of imidazole rings is 1. The maximum absolute atomic E-state index is 12.2. The Balaban J connectivity index is 1.78. The first-order chi connectivity index (χ1) is 10.1. The lowest BCUT2D eigenvalue weighted by Gasteiger charge is -2.11. The highest BCUT2D eigenvalue weighted by Gasteiger charge is 2.19. The summed E-state index contributed by atoms with van der Waals surface area (Å²) in [6.45, 7) is 0.223. The summed E-state index contributed by atoms with van der Waals surface area (Å²) in [6, 6.07) is 8.41. The number of aryl methyl sites for hydroxylation is 1. The predicted molar refractivity (Wildman–Crippen MR) is 80.3 cm³/mol. The summed E-state index contributed by atoms with van der Waals surface area (Å²) in [5.41, 5.74) is 2.37. The largest absolute Gasteiger partial charge is 0.334 e. The molecule has 0 fully saturated rings. The minimum absolute atomic E-state index is 0.223. The van der Waals surface area contributed by atoms with Gasteiger partial charge in [-0.3, -0.25) is 0 Å². The second-order valence-electron chi connectivity index (χ2n) is 5.33. The standard InChI is InChI=1S/C15H19N3O2S/c1-18-14-10-6-5-9-13(14)17-15(18)11-16-21(19,20)12-7-3-2-4-8-12/h2-4,7-8,16H,5-6,9-11H2,1H3. The minimum atomic E-state index is -3.48. The molecule has 3 rings (SSSR count). The van der Waals surface area contributed by atoms with E-state index in [2.05, 4.69) is 9.71 Å². The number of hydrogen-bond donors (Lipinski definition) is 1. The van der Waals surface area contributed by atoms with Gasteiger partial charge in [0.05, 0.1) is 17.1 Å². The van der Waals surface area contributed by atoms with Gasteiger partial charge in [0.15, 0.2) is 0 Å². The van der Waals surface area contributed by atoms with Gasteiger partial charge >= 0.3 is 0 Å². The lowest BCUT2D eigenvalue weighted by atomic mass is 10.0. The van der Waals surface area contributed by atoms with Crippen LogP contribution in [-0.4, -0.2) is 18.0 Å². The number of nitrogens with one attached hydrogen (secondary N) is 1. The van der Waals surface area contributed by atoms with Crippen molar-refractivity contribution < 1.29 is 8.42 Å². The Kier molecular flexibility index (Phi) is 3.82. The average molecular weight is 305 g/mol. The van der Waals surface area contributed by atoms with Crippen LogP contribution in [0.5, 0.6) is 0 Å². The van der Waals surface area contributed by atoms with E-state index in [4.69, 9.17) is 0 Å². The van der Waals surface area contributed by atoms with Gasteiger partial charge < -0.3 is 4.57 Å². The molecule has 6 heteroatoms. The third-order valence-electron chi connectivity index (χ3n) is 3.94. The second-order valence-corrected chi connectivity index (χ2v) is 7.09. The molecule has 0 saturated carbocycles. The zero-order valence-corrected chi connectivity index (χ0v) is 12.9. The molecular formula is C15H19N3O2S. The lowest BCUT2D eigenvalue weighted by molar-refractivity contribution is 0.576. The van der Waals surface area contributed by atoms with Crippen LogP contribution < -0.4 is 4.72 Å². The number of rotatable bonds is 4. The molecule has 5 nitrogen and oxygen atoms in total. The van der Waals surface area contributed by atoms with Crippen LogP contribution in [0.2, 0.25) is 0 Å². The fraction of sp³-hybridized carbons (Fsp3) is 0.400. The number of fused-ring (bicyclic) bond motifs is 1. The van der Waals surface area contributed by atoms with Crippen LogP contribution in [0.4, 0.5) is 0 Å². The molecule has 112 valence electrons. The van der Waals surface area contributed by atoms with Gasteiger partial charge in [-0.15, -0.1) is 0 Å². The van der Waals surface area contributed by atoms with Crippen molar-refractivity contribution in [1.29, 1.82) is 0 Å². The minimum Gasteiger partial charge on any atom is -0.334 e. The fourth-order valence-corrected chi connectivity index (χ4v) is 3.74. The summed E-state index contributed by atoms with van der Waals surface area (Å²) in [7, 11) is -1.52. The molecule has 1 N–H and O–H groups in total. The third-order valence-corrected chi connectivity index (χ3v) is 5.36. The molecule has 0 aliphatic heterocycles. The maximum atomic E-state index is 12.2. The van der Waals surface area contributed by atoms with Gasteiger partial charge in [-0.2, -0.15) is 0 Å². The van der Waals surface area contributed by atoms with Gasteiger partial charge in [0.1, 0.15) is 5.82 Å². The van der Waals surface area contributed by atoms with E-state index in [1.54, 1.807) is 30.3 Å². The van der Waals surface area contributed by atoms with E-state index in [-0.39, 0.29) is 11.4 Å². The molecule has 0 spiro atoms. The summed E-state index contributed by atoms with van der Waals surface area (Å²) in [5, 5.41) is 0. The lowest BCUT2D eigenvalue weighted by Crippen LogP contribution is -2.24. The summed E-state index contributed by atoms with van der Waals surface area (Å²) in [5.74, 6) is 0.779. The van der Waals surface area contributed by atoms with Crippen molar-refractivity contribution in [1.82, 2.24) is 14.3 Å². The van der Waals surface area contributed by atoms with Gasteiger partial charge in [0.25, 0.3) is 0 Å². The number of benzene rings is 1. The third kappa shape index (κ3) is 2.87. The smallest absolute Gasteiger partial charge is 0.240 e. The molecule has 2 aromatic rings. The van der Waals surface area contributed by atoms with Gasteiger partial charge in [-0.05, 0) is 37.8 Å². The van der Waals surface area contributed by atoms with Crippen LogP contribution in [-0.2, 0) is 36.5 Å². The molecular weight excluding hydrogens is 286 g/mol. The topological polar surface area (TPSA) is 64.0 Å². The van der Waals surface area contributed by atoms with Gasteiger partial charge in [-0.25, -0.2) is 18.1 Å². The Morgan fingerprint density at radius 2 is 1.90 bits per heavy atom. The maximum Gasteiger partial charge on any atom is 0.240 e. The fourth-order valence-electron chi connectivity index (χ4n) is 2.74. The summed E-state index contributed by atoms with van der Waals surface area (Å²) in [4.78, 5) is 4.86. The van der Waals surface area contributed by atoms with Crippen LogP contribution in [0.15, 0.2) is 35.2 Å². The van der Waals surface area contributed by atoms with Crippen molar-refractivity contribution in [2.45, 2.75) is 37.1 Å². The molecule has 1 aromatic carbocycles. The Bertz CT molecular complexity index is 736. The summed E-state index contributed by atoms with van der Waals surface area (Å²) >= 11 is 0. The molecule has 1 aliphatic rings. The molecule has 1 aromatic heterocycles. The average Bonchev–Trinajstić information content (AvgIpc) is 2.83. The van der Waals surface area contributed by atoms with Crippen molar-refractivity contribution in [2.75, 3.05) is 0 Å². The van der Waals surface area contributed by atoms with Crippen molar-refractivity contribution in [2.24, 2.45) is 7.05 Å². The molecule has 0 radical (unpaired) electrons. The molecule has 0 saturated heterocycles. The first-order valence-corrected chi connectivity index (χ1v) is 8.64. The van der Waals surface area contributed by atoms with Crippen molar-refractivity contribution >= 4 is 10.0 Å². The van der Waals surface area contributed by atoms with Gasteiger partial charge in [-0.1, -0.05) is 18.2 Å². The molecule has 21 heavy (non-hydrogen) atoms. The first kappa shape index (κ1) is 14.3. The van der Waals surface area contributed by atoms with Crippen LogP contribution in [0.1, 0.15) is 30.1 Å². The number of hydrogen-bond acceptors (Lipinski definition) is 3. The van der Waals surface area contributed by atoms with Crippen LogP contribution >= 0.6 is 0 Å². The highest BCUT2D eigenvalue weighted by molar-refractivity contribution is 7.89. The Morgan fingerprint density at radius 3 is 2.62 bits per heavy atom. The molecule has 0 unspecified atom stereocenters. The van der Waals surface area contributed by atoms with Crippen molar-refractivity contribution in [3.05, 3.63) is 47.5 Å². The van der Waals surface area contributed by atoms with Crippen LogP contribution in [0, 0.1) is 0 Å². The summed E-state index contributed by atoms with van der Waals surface area (Å²) < 4.78 is 29.1. The van der Waals surface area contributed by atoms with E-state index in [0.29, 0.717) is 0 Å². The Hall–Kier alpha value is -1.66. The highest BCUT2D eigenvalue weighted by Crippen LogP contribution is 2.21. The molecule has 0 amide bonds. The van der Waals surface area contributed by atoms with E-state index in [9.17, 15) is 8.42 Å². The van der Waals surface area contributed by atoms with E-state index >= 15 is 0 Å². The molecule has 1 aliphatic carbocycles. The zero-order chi connectivity index (χ0) is 14.9. The molecule has 0 bridgehead atoms. The van der Waals surface area contributed by atoms with E-state index in [1.165, 1.54) is 18.5 Å². The van der Waals surface area contributed by atoms with E-state index < -0.39 is 10.0 Å². The van der Waals surface area contributed by atoms with Gasteiger partial charge in [0.2, 0.25) is 10.0 Å². The van der Waals surface area contributed by atoms with E-state index in [1.807, 2.05) is 11.6 Å². The number of sulfonamides is 1. The summed E-state index contributed by atoms with van der Waals surface area (Å²) in [6.07, 6.45) is 4.37. The quantitative estimate of drug-likeness (QED) is 0.936. The molecule has 0 atom stereocenters. The zero-order valence-electron chi connectivity index (χ0n) is 12.0. The number of aromatic nitrogens is 2. The molecule has 1 heterocycles. The van der Waals surface area contributed by atoms with Crippen molar-refractivity contribution in [3.63, 3.8) is 0 Å². The second kappa shape index (κ2) is 5.61. The van der Waals surface area contributed by atoms with Gasteiger partial charge in [0, 0.05) is 12.7 Å². The Labute approximate surface area is 125 Å². The SMILES string of the molecule is Cn1c(CNS(=O)(=O)c2ccccc2)nc2c1CCCC2. The monoisotopic (exact) mass is 305 g/mol. The van der Waals surface area contributed by atoms with E-state index in [0.717, 1.165) is 24.4 Å². The number of nitrogens with zero attached hydrogens (tertiary/aromatic N) is 2. The normalized spacial score (nSPS) is 14.9. The first-order valence-electron chi connectivity index (χ1n) is 7.16. The van der Waals surface area contributed by atoms with Crippen LogP contribution in [0.25, 0.3) is 0 Å².